The van der Waals surface area contributed by atoms with Gasteiger partial charge in [0.2, 0.25) is 0 Å². The van der Waals surface area contributed by atoms with Crippen LogP contribution in [0, 0.1) is 6.92 Å². The third-order valence-corrected chi connectivity index (χ3v) is 5.53. The minimum Gasteiger partial charge on any atom is -0.459 e. The third kappa shape index (κ3) is 5.24. The number of aliphatic imine (C=N–C) groups is 1. The van der Waals surface area contributed by atoms with Crippen molar-refractivity contribution in [2.75, 3.05) is 25.0 Å². The lowest BCUT2D eigenvalue weighted by Gasteiger charge is -2.28. The number of hydrogen-bond donors (Lipinski definition) is 2. The molecule has 4 rings (SSSR count). The molecule has 1 aliphatic heterocycles. The van der Waals surface area contributed by atoms with Crippen LogP contribution in [0.15, 0.2) is 52.0 Å². The van der Waals surface area contributed by atoms with Crippen molar-refractivity contribution in [2.45, 2.75) is 39.3 Å². The highest BCUT2D eigenvalue weighted by atomic mass is 127. The summed E-state index contributed by atoms with van der Waals surface area (Å²) in [6, 6.07) is 12.4. The maximum absolute atomic E-state index is 5.98. The molecule has 0 bridgehead atoms. The van der Waals surface area contributed by atoms with Gasteiger partial charge in [0.15, 0.2) is 5.96 Å². The number of para-hydroxylation sites is 1. The van der Waals surface area contributed by atoms with Crippen LogP contribution in [0.1, 0.15) is 36.1 Å². The summed E-state index contributed by atoms with van der Waals surface area (Å²) in [4.78, 5) is 11.3. The highest BCUT2D eigenvalue weighted by Gasteiger charge is 2.13. The maximum Gasteiger partial charge on any atom is 0.191 e. The van der Waals surface area contributed by atoms with Crippen LogP contribution in [-0.2, 0) is 13.1 Å². The summed E-state index contributed by atoms with van der Waals surface area (Å²) in [5.41, 5.74) is 3.29. The van der Waals surface area contributed by atoms with Gasteiger partial charge in [-0.05, 0) is 49.9 Å². The van der Waals surface area contributed by atoms with Gasteiger partial charge in [0.05, 0.1) is 6.54 Å². The molecule has 30 heavy (non-hydrogen) atoms. The second kappa shape index (κ2) is 10.7. The molecule has 7 heteroatoms. The largest absolute Gasteiger partial charge is 0.459 e. The Balaban J connectivity index is 0.00000256. The summed E-state index contributed by atoms with van der Waals surface area (Å²) in [6.45, 7) is 5.59. The molecule has 0 spiro atoms. The Bertz CT molecular complexity index is 994. The Hall–Kier alpha value is -2.29. The zero-order valence-electron chi connectivity index (χ0n) is 17.6. The zero-order valence-corrected chi connectivity index (χ0v) is 20.0. The molecule has 0 radical (unpaired) electrons. The second-order valence-corrected chi connectivity index (χ2v) is 7.50. The average molecular weight is 519 g/mol. The molecule has 0 atom stereocenters. The number of piperidine rings is 1. The molecule has 1 aliphatic rings. The van der Waals surface area contributed by atoms with Crippen molar-refractivity contribution in [1.82, 2.24) is 15.6 Å². The van der Waals surface area contributed by atoms with Gasteiger partial charge in [-0.3, -0.25) is 4.99 Å². The zero-order chi connectivity index (χ0) is 20.1. The number of guanidine groups is 1. The van der Waals surface area contributed by atoms with Gasteiger partial charge < -0.3 is 20.0 Å². The van der Waals surface area contributed by atoms with Gasteiger partial charge in [-0.1, -0.05) is 18.2 Å². The van der Waals surface area contributed by atoms with E-state index < -0.39 is 0 Å². The first-order chi connectivity index (χ1) is 14.2. The van der Waals surface area contributed by atoms with Gasteiger partial charge in [-0.15, -0.1) is 24.0 Å². The van der Waals surface area contributed by atoms with Gasteiger partial charge in [0, 0.05) is 43.8 Å². The van der Waals surface area contributed by atoms with Gasteiger partial charge in [-0.2, -0.15) is 0 Å². The molecule has 2 aromatic heterocycles. The van der Waals surface area contributed by atoms with Crippen molar-refractivity contribution >= 4 is 46.7 Å². The number of benzene rings is 1. The molecule has 3 aromatic rings. The summed E-state index contributed by atoms with van der Waals surface area (Å²) in [5, 5.41) is 7.91. The lowest BCUT2D eigenvalue weighted by molar-refractivity contribution is 0.534. The Morgan fingerprint density at radius 3 is 2.63 bits per heavy atom. The Morgan fingerprint density at radius 1 is 1.10 bits per heavy atom. The highest BCUT2D eigenvalue weighted by Crippen LogP contribution is 2.24. The quantitative estimate of drug-likeness (QED) is 0.293. The van der Waals surface area contributed by atoms with Gasteiger partial charge in [0.25, 0.3) is 0 Å². The van der Waals surface area contributed by atoms with Crippen LogP contribution in [0.25, 0.3) is 11.0 Å². The van der Waals surface area contributed by atoms with E-state index in [1.807, 2.05) is 24.4 Å². The monoisotopic (exact) mass is 519 g/mol. The van der Waals surface area contributed by atoms with Gasteiger partial charge in [0.1, 0.15) is 17.2 Å². The Morgan fingerprint density at radius 2 is 1.87 bits per heavy atom. The maximum atomic E-state index is 5.98. The number of aromatic nitrogens is 1. The lowest BCUT2D eigenvalue weighted by Crippen LogP contribution is -2.36. The molecule has 1 aromatic carbocycles. The van der Waals surface area contributed by atoms with Crippen LogP contribution in [0.5, 0.6) is 0 Å². The topological polar surface area (TPSA) is 65.7 Å². The molecular formula is C23H30IN5O. The lowest BCUT2D eigenvalue weighted by atomic mass is 10.1. The first kappa shape index (κ1) is 22.4. The minimum absolute atomic E-state index is 0. The van der Waals surface area contributed by atoms with Crippen molar-refractivity contribution in [2.24, 2.45) is 4.99 Å². The molecule has 0 amide bonds. The van der Waals surface area contributed by atoms with E-state index in [4.69, 9.17) is 4.42 Å². The minimum atomic E-state index is 0. The van der Waals surface area contributed by atoms with Crippen LogP contribution in [0.2, 0.25) is 0 Å². The van der Waals surface area contributed by atoms with Crippen molar-refractivity contribution in [1.29, 1.82) is 0 Å². The Kier molecular flexibility index (Phi) is 7.95. The molecule has 1 saturated heterocycles. The van der Waals surface area contributed by atoms with E-state index in [1.165, 1.54) is 30.4 Å². The number of nitrogens with zero attached hydrogens (tertiary/aromatic N) is 3. The number of fused-ring (bicyclic) bond motifs is 1. The number of rotatable bonds is 5. The highest BCUT2D eigenvalue weighted by molar-refractivity contribution is 14.0. The molecule has 6 nitrogen and oxygen atoms in total. The second-order valence-electron chi connectivity index (χ2n) is 7.50. The van der Waals surface area contributed by atoms with E-state index >= 15 is 0 Å². The molecule has 1 fully saturated rings. The van der Waals surface area contributed by atoms with E-state index in [9.17, 15) is 0 Å². The van der Waals surface area contributed by atoms with E-state index in [-0.39, 0.29) is 24.0 Å². The van der Waals surface area contributed by atoms with Crippen LogP contribution >= 0.6 is 24.0 Å². The van der Waals surface area contributed by atoms with E-state index in [0.717, 1.165) is 41.6 Å². The third-order valence-electron chi connectivity index (χ3n) is 5.53. The summed E-state index contributed by atoms with van der Waals surface area (Å²) < 4.78 is 5.98. The summed E-state index contributed by atoms with van der Waals surface area (Å²) in [5.74, 6) is 2.76. The SMILES string of the molecule is CN=C(NCc1ccnc(N2CCCCC2)c1)NCc1oc2ccccc2c1C.I. The number of halogens is 1. The predicted octanol–water partition coefficient (Wildman–Crippen LogP) is 4.61. The molecular weight excluding hydrogens is 489 g/mol. The number of furan rings is 1. The standard InChI is InChI=1S/C23H29N5O.HI/c1-17-19-8-4-5-9-20(19)29-21(17)16-27-23(24-2)26-15-18-10-11-25-22(14-18)28-12-6-3-7-13-28;/h4-5,8-11,14H,3,6-7,12-13,15-16H2,1-2H3,(H2,24,26,27);1H. The van der Waals surface area contributed by atoms with Crippen LogP contribution in [0.4, 0.5) is 5.82 Å². The normalized spacial score (nSPS) is 14.5. The van der Waals surface area contributed by atoms with Gasteiger partial charge in [-0.25, -0.2) is 4.98 Å². The smallest absolute Gasteiger partial charge is 0.191 e. The molecule has 0 unspecified atom stereocenters. The summed E-state index contributed by atoms with van der Waals surface area (Å²) in [7, 11) is 1.78. The number of hydrogen-bond acceptors (Lipinski definition) is 4. The molecule has 3 heterocycles. The number of nitrogens with one attached hydrogen (secondary N) is 2. The van der Waals surface area contributed by atoms with Crippen LogP contribution < -0.4 is 15.5 Å². The fourth-order valence-corrected chi connectivity index (χ4v) is 3.83. The van der Waals surface area contributed by atoms with E-state index in [0.29, 0.717) is 13.1 Å². The van der Waals surface area contributed by atoms with E-state index in [1.54, 1.807) is 7.05 Å². The predicted molar refractivity (Wildman–Crippen MR) is 134 cm³/mol. The molecule has 2 N–H and O–H groups in total. The number of pyridine rings is 1. The fraction of sp³-hybridized carbons (Fsp3) is 0.391. The first-order valence-corrected chi connectivity index (χ1v) is 10.4. The Labute approximate surface area is 195 Å². The summed E-state index contributed by atoms with van der Waals surface area (Å²) in [6.07, 6.45) is 5.73. The average Bonchev–Trinajstić information content (AvgIpc) is 3.10. The molecule has 0 saturated carbocycles. The molecule has 160 valence electrons. The molecule has 0 aliphatic carbocycles. The van der Waals surface area contributed by atoms with Crippen molar-refractivity contribution in [3.8, 4) is 0 Å². The van der Waals surface area contributed by atoms with E-state index in [2.05, 4.69) is 50.6 Å². The van der Waals surface area contributed by atoms with Crippen LogP contribution in [0.3, 0.4) is 0 Å². The fourth-order valence-electron chi connectivity index (χ4n) is 3.83. The summed E-state index contributed by atoms with van der Waals surface area (Å²) >= 11 is 0. The number of aryl methyl sites for hydroxylation is 1. The van der Waals surface area contributed by atoms with Gasteiger partial charge >= 0.3 is 0 Å². The van der Waals surface area contributed by atoms with Crippen molar-refractivity contribution < 1.29 is 4.42 Å². The van der Waals surface area contributed by atoms with Crippen molar-refractivity contribution in [3.05, 3.63) is 59.5 Å². The van der Waals surface area contributed by atoms with Crippen LogP contribution in [-0.4, -0.2) is 31.1 Å². The first-order valence-electron chi connectivity index (χ1n) is 10.4. The van der Waals surface area contributed by atoms with Crippen molar-refractivity contribution in [3.63, 3.8) is 0 Å². The number of anilines is 1.